The highest BCUT2D eigenvalue weighted by Gasteiger charge is 2.52. The number of aliphatic hydroxyl groups is 2. The molecule has 0 bridgehead atoms. The maximum atomic E-state index is 12.5. The number of hydrogen-bond donors (Lipinski definition) is 6. The van der Waals surface area contributed by atoms with E-state index in [2.05, 4.69) is 41.0 Å². The van der Waals surface area contributed by atoms with E-state index in [9.17, 15) is 24.6 Å². The van der Waals surface area contributed by atoms with Gasteiger partial charge in [-0.15, -0.1) is 10.2 Å². The summed E-state index contributed by atoms with van der Waals surface area (Å²) < 4.78 is 30.4. The van der Waals surface area contributed by atoms with Crippen molar-refractivity contribution in [3.63, 3.8) is 0 Å². The number of fused-ring (bicyclic) bond motifs is 1. The normalized spacial score (nSPS) is 25.9. The summed E-state index contributed by atoms with van der Waals surface area (Å²) in [4.78, 5) is 28.8. The Kier molecular flexibility index (Phi) is 8.15. The van der Waals surface area contributed by atoms with E-state index >= 15 is 0 Å². The third-order valence-electron chi connectivity index (χ3n) is 6.94. The lowest BCUT2D eigenvalue weighted by Crippen LogP contribution is -2.44. The zero-order chi connectivity index (χ0) is 27.8. The summed E-state index contributed by atoms with van der Waals surface area (Å²) in [6, 6.07) is 0.244. The molecule has 1 aliphatic carbocycles. The monoisotopic (exact) mass is 589 g/mol. The maximum Gasteiger partial charge on any atom is 0.359 e. The Bertz CT molecular complexity index is 1320. The number of hydrogen-bond acceptors (Lipinski definition) is 13. The van der Waals surface area contributed by atoms with Crippen molar-refractivity contribution in [1.82, 2.24) is 40.4 Å². The molecule has 5 rings (SSSR count). The predicted octanol–water partition coefficient (Wildman–Crippen LogP) is -0.254. The molecular weight excluding hydrogens is 561 g/mol. The van der Waals surface area contributed by atoms with Crippen molar-refractivity contribution in [2.45, 2.75) is 68.0 Å². The van der Waals surface area contributed by atoms with Crippen molar-refractivity contribution in [1.29, 1.82) is 0 Å². The van der Waals surface area contributed by atoms with Gasteiger partial charge in [0.15, 0.2) is 23.0 Å². The fourth-order valence-corrected chi connectivity index (χ4v) is 5.96. The number of ether oxygens (including phenoxy) is 3. The molecule has 1 aliphatic heterocycles. The predicted molar refractivity (Wildman–Crippen MR) is 133 cm³/mol. The van der Waals surface area contributed by atoms with Crippen LogP contribution in [0.1, 0.15) is 37.7 Å². The summed E-state index contributed by atoms with van der Waals surface area (Å²) in [6.07, 6.45) is -0.0925. The summed E-state index contributed by atoms with van der Waals surface area (Å²) in [5, 5.41) is 40.7. The van der Waals surface area contributed by atoms with Crippen LogP contribution in [0.25, 0.3) is 11.0 Å². The van der Waals surface area contributed by atoms with Gasteiger partial charge < -0.3 is 39.5 Å². The Morgan fingerprint density at radius 1 is 1.28 bits per heavy atom. The second kappa shape index (κ2) is 11.3. The average Bonchev–Trinajstić information content (AvgIpc) is 3.68. The van der Waals surface area contributed by atoms with Gasteiger partial charge in [-0.1, -0.05) is 18.1 Å². The molecule has 0 unspecified atom stereocenters. The highest BCUT2D eigenvalue weighted by molar-refractivity contribution is 7.53. The number of methoxy groups -OCH3 is 1. The van der Waals surface area contributed by atoms with Gasteiger partial charge in [0.05, 0.1) is 31.2 Å². The van der Waals surface area contributed by atoms with E-state index in [0.717, 1.165) is 25.7 Å². The number of anilines is 1. The zero-order valence-corrected chi connectivity index (χ0v) is 22.4. The number of aromatic nitrogens is 8. The molecule has 17 nitrogen and oxygen atoms in total. The molecule has 2 fully saturated rings. The molecule has 3 aromatic rings. The molecule has 0 spiro atoms. The molecule has 0 aromatic carbocycles. The number of tetrazole rings is 1. The highest BCUT2D eigenvalue weighted by atomic mass is 35.5. The van der Waals surface area contributed by atoms with E-state index in [-0.39, 0.29) is 22.8 Å². The van der Waals surface area contributed by atoms with Gasteiger partial charge in [-0.25, -0.2) is 4.68 Å². The van der Waals surface area contributed by atoms with Crippen molar-refractivity contribution in [2.24, 2.45) is 0 Å². The van der Waals surface area contributed by atoms with E-state index in [0.29, 0.717) is 11.2 Å². The van der Waals surface area contributed by atoms with Gasteiger partial charge in [-0.05, 0) is 24.4 Å². The molecule has 0 radical (unpaired) electrons. The van der Waals surface area contributed by atoms with Crippen LogP contribution in [-0.2, 0) is 25.2 Å². The lowest BCUT2D eigenvalue weighted by Gasteiger charge is -2.33. The molecule has 1 saturated carbocycles. The maximum absolute atomic E-state index is 12.5. The first-order valence-electron chi connectivity index (χ1n) is 12.2. The minimum atomic E-state index is -5.00. The van der Waals surface area contributed by atoms with E-state index in [1.807, 2.05) is 0 Å². The Hall–Kier alpha value is -2.34. The minimum Gasteiger partial charge on any atom is -0.387 e. The number of nitrogens with one attached hydrogen (secondary N) is 2. The van der Waals surface area contributed by atoms with Gasteiger partial charge in [-0.2, -0.15) is 20.3 Å². The van der Waals surface area contributed by atoms with Gasteiger partial charge in [0.25, 0.3) is 0 Å². The van der Waals surface area contributed by atoms with Gasteiger partial charge in [0.1, 0.15) is 24.1 Å². The Morgan fingerprint density at radius 3 is 2.72 bits per heavy atom. The summed E-state index contributed by atoms with van der Waals surface area (Å²) in [7, 11) is -3.75. The number of H-pyrrole nitrogens is 1. The Balaban J connectivity index is 1.37. The molecule has 4 heterocycles. The number of halogens is 1. The second-order valence-corrected chi connectivity index (χ2v) is 11.8. The third-order valence-corrected chi connectivity index (χ3v) is 8.59. The molecule has 0 amide bonds. The average molecular weight is 590 g/mol. The minimum absolute atomic E-state index is 0.0252. The van der Waals surface area contributed by atoms with E-state index in [1.54, 1.807) is 0 Å². The van der Waals surface area contributed by atoms with Crippen molar-refractivity contribution in [2.75, 3.05) is 25.6 Å². The fraction of sp³-hybridized carbons (Fsp3) is 0.700. The molecule has 2 aliphatic rings. The van der Waals surface area contributed by atoms with Gasteiger partial charge in [-0.3, -0.25) is 4.57 Å². The second-order valence-electron chi connectivity index (χ2n) is 9.58. The van der Waals surface area contributed by atoms with Crippen LogP contribution in [0.5, 0.6) is 0 Å². The topological polar surface area (TPSA) is 236 Å². The summed E-state index contributed by atoms with van der Waals surface area (Å²) in [5.74, 6) is 0.478. The smallest absolute Gasteiger partial charge is 0.359 e. The lowest BCUT2D eigenvalue weighted by atomic mass is 10.1. The summed E-state index contributed by atoms with van der Waals surface area (Å²) >= 11 is 6.19. The van der Waals surface area contributed by atoms with Crippen LogP contribution in [0, 0.1) is 0 Å². The van der Waals surface area contributed by atoms with Crippen LogP contribution in [-0.4, -0.2) is 110 Å². The van der Waals surface area contributed by atoms with Gasteiger partial charge in [0.2, 0.25) is 5.28 Å². The first kappa shape index (κ1) is 28.2. The zero-order valence-electron chi connectivity index (χ0n) is 20.8. The number of aliphatic hydroxyl groups excluding tert-OH is 2. The SMILES string of the molecule is COC[C@](Cc1nn[nH]n1)(OC[C@@H]1O[C@H](n2ncc3c(NC4CCCC4)nc(Cl)nc32)[C@@H](O)[C@H]1O)P(=O)(O)O. The van der Waals surface area contributed by atoms with Crippen LogP contribution in [0.4, 0.5) is 5.82 Å². The van der Waals surface area contributed by atoms with Crippen molar-refractivity contribution in [3.05, 3.63) is 17.3 Å². The summed E-state index contributed by atoms with van der Waals surface area (Å²) in [6.45, 7) is -1.05. The van der Waals surface area contributed by atoms with Crippen molar-refractivity contribution in [3.8, 4) is 0 Å². The van der Waals surface area contributed by atoms with Crippen LogP contribution in [0.15, 0.2) is 6.20 Å². The molecule has 19 heteroatoms. The van der Waals surface area contributed by atoms with Gasteiger partial charge in [0, 0.05) is 13.2 Å². The molecule has 3 aromatic heterocycles. The lowest BCUT2D eigenvalue weighted by molar-refractivity contribution is -0.113. The fourth-order valence-electron chi connectivity index (χ4n) is 4.91. The molecule has 214 valence electrons. The van der Waals surface area contributed by atoms with Crippen LogP contribution < -0.4 is 5.32 Å². The van der Waals surface area contributed by atoms with Gasteiger partial charge >= 0.3 is 7.60 Å². The number of nitrogens with zero attached hydrogens (tertiary/aromatic N) is 7. The Morgan fingerprint density at radius 2 is 2.05 bits per heavy atom. The molecule has 5 atom stereocenters. The standard InChI is InChI=1S/C20H29ClN9O8P/c1-36-9-20(39(33,34)35,6-13-26-28-29-27-13)37-8-12-14(31)15(32)18(38-12)30-17-11(7-22-30)16(24-19(21)25-17)23-10-4-2-3-5-10/h7,10,12,14-15,18,31-32H,2-6,8-9H2,1H3,(H,23,24,25)(H2,33,34,35)(H,26,27,28,29)/t12-,14-,15-,18-,20+/m0/s1. The van der Waals surface area contributed by atoms with Crippen LogP contribution in [0.2, 0.25) is 5.28 Å². The largest absolute Gasteiger partial charge is 0.387 e. The van der Waals surface area contributed by atoms with E-state index in [1.165, 1.54) is 18.0 Å². The number of aromatic amines is 1. The molecule has 1 saturated heterocycles. The van der Waals surface area contributed by atoms with Crippen molar-refractivity contribution < 1.29 is 38.8 Å². The molecular formula is C20H29ClN9O8P. The molecule has 39 heavy (non-hydrogen) atoms. The third kappa shape index (κ3) is 5.64. The van der Waals surface area contributed by atoms with E-state index < -0.39 is 57.1 Å². The van der Waals surface area contributed by atoms with E-state index in [4.69, 9.17) is 25.8 Å². The Labute approximate surface area is 226 Å². The number of rotatable bonds is 11. The summed E-state index contributed by atoms with van der Waals surface area (Å²) in [5.41, 5.74) is 0.273. The van der Waals surface area contributed by atoms with Crippen molar-refractivity contribution >= 4 is 36.0 Å². The van der Waals surface area contributed by atoms with Crippen LogP contribution in [0.3, 0.4) is 0 Å². The van der Waals surface area contributed by atoms with Crippen LogP contribution >= 0.6 is 19.2 Å². The first-order chi connectivity index (χ1) is 18.6. The quantitative estimate of drug-likeness (QED) is 0.125. The molecule has 6 N–H and O–H groups in total. The highest BCUT2D eigenvalue weighted by Crippen LogP contribution is 2.53. The first-order valence-corrected chi connectivity index (χ1v) is 14.2.